The van der Waals surface area contributed by atoms with Gasteiger partial charge in [-0.05, 0) is 63.5 Å². The summed E-state index contributed by atoms with van der Waals surface area (Å²) >= 11 is 0. The van der Waals surface area contributed by atoms with Crippen LogP contribution >= 0.6 is 0 Å². The van der Waals surface area contributed by atoms with Gasteiger partial charge in [0.25, 0.3) is 12.3 Å². The van der Waals surface area contributed by atoms with Crippen molar-refractivity contribution in [2.75, 3.05) is 26.2 Å². The second-order valence-electron chi connectivity index (χ2n) is 10.5. The zero-order valence-corrected chi connectivity index (χ0v) is 21.3. The lowest BCUT2D eigenvalue weighted by molar-refractivity contribution is -0.133. The van der Waals surface area contributed by atoms with Crippen molar-refractivity contribution >= 4 is 11.8 Å². The molecule has 1 aromatic heterocycles. The molecule has 0 radical (unpaired) electrons. The van der Waals surface area contributed by atoms with Gasteiger partial charge in [-0.3, -0.25) is 14.3 Å². The number of fused-ring (bicyclic) bond motifs is 1. The lowest BCUT2D eigenvalue weighted by Crippen LogP contribution is -2.48. The summed E-state index contributed by atoms with van der Waals surface area (Å²) in [5.41, 5.74) is 2.48. The fourth-order valence-electron chi connectivity index (χ4n) is 5.97. The van der Waals surface area contributed by atoms with E-state index < -0.39 is 17.8 Å². The number of alkyl halides is 2. The monoisotopic (exact) mass is 518 g/mol. The highest BCUT2D eigenvalue weighted by atomic mass is 19.3. The predicted octanol–water partition coefficient (Wildman–Crippen LogP) is 4.10. The van der Waals surface area contributed by atoms with Crippen LogP contribution in [-0.2, 0) is 28.9 Å². The number of carbonyl (C=O) groups excluding carboxylic acids is 2. The van der Waals surface area contributed by atoms with E-state index >= 15 is 0 Å². The van der Waals surface area contributed by atoms with E-state index in [9.17, 15) is 22.8 Å². The number of amides is 2. The first-order valence-corrected chi connectivity index (χ1v) is 13.1. The number of carbonyl (C=O) groups is 2. The smallest absolute Gasteiger partial charge is 0.274 e. The number of aromatic nitrogens is 2. The van der Waals surface area contributed by atoms with Gasteiger partial charge in [-0.25, -0.2) is 13.2 Å². The fourth-order valence-corrected chi connectivity index (χ4v) is 5.97. The maximum atomic E-state index is 14.0. The highest BCUT2D eigenvalue weighted by molar-refractivity contribution is 5.94. The molecular weight excluding hydrogens is 485 g/mol. The first kappa shape index (κ1) is 25.8. The minimum atomic E-state index is -2.84. The van der Waals surface area contributed by atoms with E-state index in [1.165, 1.54) is 6.07 Å². The SMILES string of the molecule is C[C@@H]1CN(C(=O)c2nn(CC(=O)N3CCC(c4ccc(C(F)F)c(F)c4)CC3)c3c2CCC3)C[C@H](C)O1. The van der Waals surface area contributed by atoms with Gasteiger partial charge in [-0.1, -0.05) is 12.1 Å². The van der Waals surface area contributed by atoms with Gasteiger partial charge in [0.05, 0.1) is 17.8 Å². The zero-order valence-electron chi connectivity index (χ0n) is 21.3. The number of piperidine rings is 1. The van der Waals surface area contributed by atoms with Gasteiger partial charge in [0.1, 0.15) is 12.4 Å². The maximum Gasteiger partial charge on any atom is 0.274 e. The van der Waals surface area contributed by atoms with Crippen LogP contribution in [0.5, 0.6) is 0 Å². The van der Waals surface area contributed by atoms with Gasteiger partial charge in [-0.2, -0.15) is 5.10 Å². The Bertz CT molecular complexity index is 1170. The number of benzene rings is 1. The van der Waals surface area contributed by atoms with Crippen LogP contribution < -0.4 is 0 Å². The molecule has 2 saturated heterocycles. The largest absolute Gasteiger partial charge is 0.372 e. The summed E-state index contributed by atoms with van der Waals surface area (Å²) in [4.78, 5) is 30.1. The summed E-state index contributed by atoms with van der Waals surface area (Å²) in [5, 5.41) is 4.62. The highest BCUT2D eigenvalue weighted by Gasteiger charge is 2.34. The molecule has 0 N–H and O–H groups in total. The molecule has 2 aliphatic heterocycles. The van der Waals surface area contributed by atoms with Gasteiger partial charge >= 0.3 is 0 Å². The average molecular weight is 519 g/mol. The molecule has 2 amide bonds. The number of hydrogen-bond donors (Lipinski definition) is 0. The van der Waals surface area contributed by atoms with Crippen LogP contribution in [0.15, 0.2) is 18.2 Å². The molecule has 7 nitrogen and oxygen atoms in total. The first-order valence-electron chi connectivity index (χ1n) is 13.1. The molecular formula is C27H33F3N4O3. The molecule has 0 bridgehead atoms. The van der Waals surface area contributed by atoms with Gasteiger partial charge in [-0.15, -0.1) is 0 Å². The Hall–Kier alpha value is -2.88. The maximum absolute atomic E-state index is 14.0. The van der Waals surface area contributed by atoms with Crippen molar-refractivity contribution in [1.29, 1.82) is 0 Å². The lowest BCUT2D eigenvalue weighted by atomic mass is 9.89. The molecule has 2 atom stereocenters. The molecule has 0 saturated carbocycles. The third kappa shape index (κ3) is 5.26. The molecule has 3 aliphatic rings. The fraction of sp³-hybridized carbons (Fsp3) is 0.593. The number of nitrogens with zero attached hydrogens (tertiary/aromatic N) is 4. The van der Waals surface area contributed by atoms with Crippen molar-refractivity contribution in [1.82, 2.24) is 19.6 Å². The van der Waals surface area contributed by atoms with E-state index in [2.05, 4.69) is 5.10 Å². The number of morpholine rings is 1. The Morgan fingerprint density at radius 3 is 2.43 bits per heavy atom. The average Bonchev–Trinajstić information content (AvgIpc) is 3.47. The summed E-state index contributed by atoms with van der Waals surface area (Å²) in [7, 11) is 0. The van der Waals surface area contributed by atoms with Crippen LogP contribution in [0, 0.1) is 5.82 Å². The molecule has 10 heteroatoms. The summed E-state index contributed by atoms with van der Waals surface area (Å²) in [6.45, 7) is 6.03. The van der Waals surface area contributed by atoms with Gasteiger partial charge in [0.15, 0.2) is 5.69 Å². The minimum absolute atomic E-state index is 0.0155. The number of likely N-dealkylation sites (tertiary alicyclic amines) is 1. The van der Waals surface area contributed by atoms with E-state index in [0.29, 0.717) is 50.3 Å². The standard InChI is InChI=1S/C27H33F3N4O3/c1-16-13-33(14-17(2)37-16)27(36)25-21-4-3-5-23(21)34(31-25)15-24(35)32-10-8-18(9-11-32)19-6-7-20(26(29)30)22(28)12-19/h6-7,12,16-18,26H,3-5,8-11,13-15H2,1-2H3/t16-,17+. The second kappa shape index (κ2) is 10.5. The number of rotatable bonds is 5. The van der Waals surface area contributed by atoms with E-state index in [1.807, 2.05) is 13.8 Å². The molecule has 200 valence electrons. The Morgan fingerprint density at radius 2 is 1.78 bits per heavy atom. The molecule has 2 fully saturated rings. The lowest BCUT2D eigenvalue weighted by Gasteiger charge is -2.35. The van der Waals surface area contributed by atoms with Gasteiger partial charge in [0, 0.05) is 37.4 Å². The van der Waals surface area contributed by atoms with Crippen molar-refractivity contribution in [2.24, 2.45) is 0 Å². The Labute approximate surface area is 214 Å². The van der Waals surface area contributed by atoms with Crippen LogP contribution in [0.2, 0.25) is 0 Å². The summed E-state index contributed by atoms with van der Waals surface area (Å²) in [6, 6.07) is 3.92. The molecule has 5 rings (SSSR count). The van der Waals surface area contributed by atoms with E-state index in [4.69, 9.17) is 4.74 Å². The second-order valence-corrected chi connectivity index (χ2v) is 10.5. The molecule has 3 heterocycles. The van der Waals surface area contributed by atoms with Crippen molar-refractivity contribution in [2.45, 2.75) is 77.0 Å². The molecule has 0 spiro atoms. The summed E-state index contributed by atoms with van der Waals surface area (Å²) < 4.78 is 47.2. The predicted molar refractivity (Wildman–Crippen MR) is 130 cm³/mol. The molecule has 2 aromatic rings. The molecule has 37 heavy (non-hydrogen) atoms. The topological polar surface area (TPSA) is 67.7 Å². The van der Waals surface area contributed by atoms with Crippen molar-refractivity contribution < 1.29 is 27.5 Å². The highest BCUT2D eigenvalue weighted by Crippen LogP contribution is 2.32. The Kier molecular flexibility index (Phi) is 7.29. The Morgan fingerprint density at radius 1 is 1.08 bits per heavy atom. The van der Waals surface area contributed by atoms with Crippen molar-refractivity contribution in [3.63, 3.8) is 0 Å². The van der Waals surface area contributed by atoms with Gasteiger partial charge < -0.3 is 14.5 Å². The third-order valence-electron chi connectivity index (χ3n) is 7.78. The van der Waals surface area contributed by atoms with E-state index in [1.54, 1.807) is 20.5 Å². The third-order valence-corrected chi connectivity index (χ3v) is 7.78. The van der Waals surface area contributed by atoms with Crippen LogP contribution in [0.25, 0.3) is 0 Å². The minimum Gasteiger partial charge on any atom is -0.372 e. The Balaban J connectivity index is 1.23. The van der Waals surface area contributed by atoms with Crippen LogP contribution in [0.1, 0.15) is 78.3 Å². The van der Waals surface area contributed by atoms with Crippen molar-refractivity contribution in [3.05, 3.63) is 52.1 Å². The number of ether oxygens (including phenoxy) is 1. The van der Waals surface area contributed by atoms with Crippen LogP contribution in [-0.4, -0.2) is 69.8 Å². The van der Waals surface area contributed by atoms with Crippen molar-refractivity contribution in [3.8, 4) is 0 Å². The molecule has 1 aliphatic carbocycles. The number of hydrogen-bond acceptors (Lipinski definition) is 4. The number of halogens is 3. The van der Waals surface area contributed by atoms with Crippen LogP contribution in [0.4, 0.5) is 13.2 Å². The quantitative estimate of drug-likeness (QED) is 0.598. The zero-order chi connectivity index (χ0) is 26.3. The van der Waals surface area contributed by atoms with E-state index in [0.717, 1.165) is 36.6 Å². The van der Waals surface area contributed by atoms with Gasteiger partial charge in [0.2, 0.25) is 5.91 Å². The molecule has 0 unspecified atom stereocenters. The van der Waals surface area contributed by atoms with Crippen LogP contribution in [0.3, 0.4) is 0 Å². The first-order chi connectivity index (χ1) is 17.7. The summed E-state index contributed by atoms with van der Waals surface area (Å²) in [6.07, 6.45) is 0.865. The van der Waals surface area contributed by atoms with E-state index in [-0.39, 0.29) is 36.5 Å². The normalized spacial score (nSPS) is 22.5. The molecule has 1 aromatic carbocycles. The summed E-state index contributed by atoms with van der Waals surface area (Å²) in [5.74, 6) is -1.04.